The van der Waals surface area contributed by atoms with Gasteiger partial charge in [0.2, 0.25) is 11.8 Å². The van der Waals surface area contributed by atoms with Crippen LogP contribution in [0.4, 0.5) is 5.95 Å². The summed E-state index contributed by atoms with van der Waals surface area (Å²) in [7, 11) is 0. The van der Waals surface area contributed by atoms with Gasteiger partial charge in [-0.3, -0.25) is 0 Å². The molecule has 3 atom stereocenters. The lowest BCUT2D eigenvalue weighted by Gasteiger charge is -2.23. The normalized spacial score (nSPS) is 21.5. The van der Waals surface area contributed by atoms with Gasteiger partial charge in [0, 0.05) is 30.4 Å². The largest absolute Gasteiger partial charge is 0.437 e. The first-order valence-corrected chi connectivity index (χ1v) is 13.8. The maximum absolute atomic E-state index is 10.4. The summed E-state index contributed by atoms with van der Waals surface area (Å²) in [6, 6.07) is 16.8. The number of piperidine rings is 1. The third kappa shape index (κ3) is 5.22. The van der Waals surface area contributed by atoms with E-state index in [-0.39, 0.29) is 6.10 Å². The molecule has 1 unspecified atom stereocenters. The molecular weight excluding hydrogens is 474 g/mol. The van der Waals surface area contributed by atoms with E-state index >= 15 is 0 Å². The molecule has 196 valence electrons. The average Bonchev–Trinajstić information content (AvgIpc) is 3.35. The van der Waals surface area contributed by atoms with Crippen molar-refractivity contribution in [3.05, 3.63) is 72.1 Å². The molecule has 2 aliphatic rings. The van der Waals surface area contributed by atoms with Crippen LogP contribution >= 0.6 is 0 Å². The molecule has 1 aliphatic carbocycles. The number of aliphatic hydroxyl groups is 1. The molecule has 2 aromatic carbocycles. The highest BCUT2D eigenvalue weighted by atomic mass is 16.5. The molecular formula is C31H35N5O2. The van der Waals surface area contributed by atoms with Crippen molar-refractivity contribution in [3.63, 3.8) is 0 Å². The van der Waals surface area contributed by atoms with E-state index < -0.39 is 0 Å². The standard InChI is InChI=1S/C31H35N5O2/c1-20-12-13-24-21(18-22-7-3-11-28(22)37)6-2-9-25(24)29(20)38-30-26(10-5-16-33-30)27-14-17-34-31(36-27)35-23-8-4-15-32-19-23/h2,5-6,9-10,12-14,16-17,22-23,28,32,37H,3-4,7-8,11,15,18-19H2,1H3,(H,34,35,36)/t22?,23-,28+/m0/s1. The number of fused-ring (bicyclic) bond motifs is 1. The Bertz CT molecular complexity index is 1420. The number of hydrogen-bond donors (Lipinski definition) is 3. The van der Waals surface area contributed by atoms with Crippen LogP contribution in [0, 0.1) is 12.8 Å². The van der Waals surface area contributed by atoms with Gasteiger partial charge in [0.1, 0.15) is 5.75 Å². The fraction of sp³-hybridized carbons (Fsp3) is 0.387. The second kappa shape index (κ2) is 11.1. The number of rotatable bonds is 7. The molecule has 0 spiro atoms. The maximum Gasteiger partial charge on any atom is 0.228 e. The van der Waals surface area contributed by atoms with Crippen LogP contribution < -0.4 is 15.4 Å². The molecule has 7 nitrogen and oxygen atoms in total. The molecule has 3 N–H and O–H groups in total. The van der Waals surface area contributed by atoms with Crippen molar-refractivity contribution in [1.29, 1.82) is 0 Å². The highest BCUT2D eigenvalue weighted by Crippen LogP contribution is 2.39. The molecule has 4 aromatic rings. The van der Waals surface area contributed by atoms with Gasteiger partial charge < -0.3 is 20.5 Å². The Kier molecular flexibility index (Phi) is 7.20. The Hall–Kier alpha value is -3.55. The van der Waals surface area contributed by atoms with E-state index in [4.69, 9.17) is 9.72 Å². The molecule has 7 heteroatoms. The van der Waals surface area contributed by atoms with E-state index in [0.29, 0.717) is 23.8 Å². The summed E-state index contributed by atoms with van der Waals surface area (Å²) in [6.07, 6.45) is 9.54. The summed E-state index contributed by atoms with van der Waals surface area (Å²) < 4.78 is 6.59. The fourth-order valence-corrected chi connectivity index (χ4v) is 5.86. The van der Waals surface area contributed by atoms with E-state index in [9.17, 15) is 5.11 Å². The van der Waals surface area contributed by atoms with Crippen molar-refractivity contribution < 1.29 is 9.84 Å². The summed E-state index contributed by atoms with van der Waals surface area (Å²) in [5, 5.41) is 19.5. The topological polar surface area (TPSA) is 92.2 Å². The van der Waals surface area contributed by atoms with Gasteiger partial charge in [0.25, 0.3) is 0 Å². The molecule has 0 radical (unpaired) electrons. The molecule has 38 heavy (non-hydrogen) atoms. The van der Waals surface area contributed by atoms with E-state index in [2.05, 4.69) is 57.9 Å². The third-order valence-corrected chi connectivity index (χ3v) is 7.93. The Morgan fingerprint density at radius 1 is 0.974 bits per heavy atom. The first-order valence-electron chi connectivity index (χ1n) is 13.8. The van der Waals surface area contributed by atoms with E-state index in [1.807, 2.05) is 18.2 Å². The first kappa shape index (κ1) is 24.8. The smallest absolute Gasteiger partial charge is 0.228 e. The predicted octanol–water partition coefficient (Wildman–Crippen LogP) is 5.66. The van der Waals surface area contributed by atoms with Crippen LogP contribution in [-0.4, -0.2) is 45.3 Å². The van der Waals surface area contributed by atoms with Gasteiger partial charge >= 0.3 is 0 Å². The molecule has 1 aliphatic heterocycles. The minimum absolute atomic E-state index is 0.205. The van der Waals surface area contributed by atoms with E-state index in [0.717, 1.165) is 79.6 Å². The highest BCUT2D eigenvalue weighted by Gasteiger charge is 2.26. The van der Waals surface area contributed by atoms with Crippen molar-refractivity contribution >= 4 is 16.7 Å². The summed E-state index contributed by atoms with van der Waals surface area (Å²) in [6.45, 7) is 4.04. The minimum Gasteiger partial charge on any atom is -0.437 e. The quantitative estimate of drug-likeness (QED) is 0.296. The van der Waals surface area contributed by atoms with Crippen molar-refractivity contribution in [2.75, 3.05) is 18.4 Å². The van der Waals surface area contributed by atoms with Gasteiger partial charge in [-0.05, 0) is 86.2 Å². The van der Waals surface area contributed by atoms with Crippen molar-refractivity contribution in [3.8, 4) is 22.9 Å². The molecule has 2 aromatic heterocycles. The number of aryl methyl sites for hydroxylation is 1. The van der Waals surface area contributed by atoms with Crippen LogP contribution in [0.25, 0.3) is 22.0 Å². The van der Waals surface area contributed by atoms with Crippen LogP contribution in [0.2, 0.25) is 0 Å². The number of nitrogens with zero attached hydrogens (tertiary/aromatic N) is 3. The van der Waals surface area contributed by atoms with Gasteiger partial charge in [0.15, 0.2) is 0 Å². The fourth-order valence-electron chi connectivity index (χ4n) is 5.86. The number of anilines is 1. The van der Waals surface area contributed by atoms with Gasteiger partial charge in [-0.1, -0.05) is 36.8 Å². The first-order chi connectivity index (χ1) is 18.7. The van der Waals surface area contributed by atoms with Crippen molar-refractivity contribution in [1.82, 2.24) is 20.3 Å². The minimum atomic E-state index is -0.205. The Morgan fingerprint density at radius 3 is 2.76 bits per heavy atom. The van der Waals surface area contributed by atoms with Gasteiger partial charge in [-0.15, -0.1) is 0 Å². The average molecular weight is 510 g/mol. The summed E-state index contributed by atoms with van der Waals surface area (Å²) in [5.74, 6) is 2.25. The van der Waals surface area contributed by atoms with Crippen molar-refractivity contribution in [2.45, 2.75) is 57.6 Å². The lowest BCUT2D eigenvalue weighted by molar-refractivity contribution is 0.133. The summed E-state index contributed by atoms with van der Waals surface area (Å²) >= 11 is 0. The number of aromatic nitrogens is 3. The predicted molar refractivity (Wildman–Crippen MR) is 151 cm³/mol. The van der Waals surface area contributed by atoms with Gasteiger partial charge in [-0.2, -0.15) is 0 Å². The number of nitrogens with one attached hydrogen (secondary N) is 2. The molecule has 1 saturated heterocycles. The molecule has 1 saturated carbocycles. The zero-order chi connectivity index (χ0) is 25.9. The lowest BCUT2D eigenvalue weighted by atomic mass is 9.92. The number of pyridine rings is 1. The molecule has 2 fully saturated rings. The molecule has 0 bridgehead atoms. The van der Waals surface area contributed by atoms with Gasteiger partial charge in [0.05, 0.1) is 17.4 Å². The SMILES string of the molecule is Cc1ccc2c(CC3CCC[C@H]3O)cccc2c1Oc1ncccc1-c1ccnc(N[C@H]2CCCNC2)n1. The summed E-state index contributed by atoms with van der Waals surface area (Å²) in [5.41, 5.74) is 3.88. The number of aliphatic hydroxyl groups excluding tert-OH is 1. The number of benzene rings is 2. The zero-order valence-corrected chi connectivity index (χ0v) is 21.9. The van der Waals surface area contributed by atoms with E-state index in [1.54, 1.807) is 12.4 Å². The number of ether oxygens (including phenoxy) is 1. The van der Waals surface area contributed by atoms with Crippen LogP contribution in [-0.2, 0) is 6.42 Å². The lowest BCUT2D eigenvalue weighted by Crippen LogP contribution is -2.38. The Balaban J connectivity index is 1.32. The molecule has 3 heterocycles. The number of hydrogen-bond acceptors (Lipinski definition) is 7. The highest BCUT2D eigenvalue weighted by molar-refractivity contribution is 5.92. The van der Waals surface area contributed by atoms with Crippen LogP contribution in [0.1, 0.15) is 43.2 Å². The van der Waals surface area contributed by atoms with Gasteiger partial charge in [-0.25, -0.2) is 15.0 Å². The Labute approximate surface area is 223 Å². The maximum atomic E-state index is 10.4. The second-order valence-electron chi connectivity index (χ2n) is 10.6. The molecule has 0 amide bonds. The third-order valence-electron chi connectivity index (χ3n) is 7.93. The van der Waals surface area contributed by atoms with Crippen molar-refractivity contribution in [2.24, 2.45) is 5.92 Å². The van der Waals surface area contributed by atoms with E-state index in [1.165, 1.54) is 10.9 Å². The Morgan fingerprint density at radius 2 is 1.92 bits per heavy atom. The zero-order valence-electron chi connectivity index (χ0n) is 21.9. The van der Waals surface area contributed by atoms with Crippen LogP contribution in [0.15, 0.2) is 60.9 Å². The summed E-state index contributed by atoms with van der Waals surface area (Å²) in [4.78, 5) is 13.9. The molecule has 6 rings (SSSR count). The monoisotopic (exact) mass is 509 g/mol. The second-order valence-corrected chi connectivity index (χ2v) is 10.6. The van der Waals surface area contributed by atoms with Crippen LogP contribution in [0.3, 0.4) is 0 Å². The van der Waals surface area contributed by atoms with Crippen LogP contribution in [0.5, 0.6) is 11.6 Å².